The number of nitrogens with zero attached hydrogens (tertiary/aromatic N) is 3. The van der Waals surface area contributed by atoms with Gasteiger partial charge in [-0.3, -0.25) is 9.59 Å². The van der Waals surface area contributed by atoms with Gasteiger partial charge in [-0.2, -0.15) is 0 Å². The van der Waals surface area contributed by atoms with E-state index in [1.807, 2.05) is 61.8 Å². The molecule has 0 saturated carbocycles. The van der Waals surface area contributed by atoms with Crippen LogP contribution in [-0.4, -0.2) is 69.8 Å². The van der Waals surface area contributed by atoms with E-state index in [0.717, 1.165) is 22.4 Å². The Labute approximate surface area is 259 Å². The number of anilines is 1. The zero-order chi connectivity index (χ0) is 30.8. The van der Waals surface area contributed by atoms with Crippen LogP contribution in [0.4, 0.5) is 5.69 Å². The van der Waals surface area contributed by atoms with E-state index < -0.39 is 11.0 Å². The van der Waals surface area contributed by atoms with Gasteiger partial charge in [0.15, 0.2) is 0 Å². The third-order valence-electron chi connectivity index (χ3n) is 8.50. The van der Waals surface area contributed by atoms with Crippen molar-refractivity contribution >= 4 is 40.1 Å². The van der Waals surface area contributed by atoms with Crippen molar-refractivity contribution in [1.29, 1.82) is 0 Å². The number of carbonyl (C=O) groups excluding carboxylic acids is 2. The number of carbonyl (C=O) groups is 2. The lowest BCUT2D eigenvalue weighted by Crippen LogP contribution is -2.51. The Hall–Kier alpha value is -2.42. The number of halogens is 1. The molecule has 0 unspecified atom stereocenters. The van der Waals surface area contributed by atoms with E-state index in [1.54, 1.807) is 0 Å². The summed E-state index contributed by atoms with van der Waals surface area (Å²) < 4.78 is 16.2. The van der Waals surface area contributed by atoms with Crippen molar-refractivity contribution in [2.45, 2.75) is 71.6 Å². The lowest BCUT2D eigenvalue weighted by molar-refractivity contribution is -0.136. The van der Waals surface area contributed by atoms with Gasteiger partial charge in [0.2, 0.25) is 11.8 Å². The van der Waals surface area contributed by atoms with Gasteiger partial charge in [0, 0.05) is 68.4 Å². The Bertz CT molecular complexity index is 1290. The predicted octanol–water partition coefficient (Wildman–Crippen LogP) is 5.70. The predicted molar refractivity (Wildman–Crippen MR) is 173 cm³/mol. The van der Waals surface area contributed by atoms with E-state index in [9.17, 15) is 13.8 Å². The summed E-state index contributed by atoms with van der Waals surface area (Å²) in [5.41, 5.74) is 4.49. The summed E-state index contributed by atoms with van der Waals surface area (Å²) in [6.07, 6.45) is 0.432. The maximum atomic E-state index is 14.0. The summed E-state index contributed by atoms with van der Waals surface area (Å²) in [7, 11) is -1.21. The van der Waals surface area contributed by atoms with Crippen LogP contribution < -0.4 is 9.62 Å². The molecule has 0 spiro atoms. The highest BCUT2D eigenvalue weighted by molar-refractivity contribution is 7.84. The zero-order valence-corrected chi connectivity index (χ0v) is 27.7. The second-order valence-corrected chi connectivity index (χ2v) is 15.4. The highest BCUT2D eigenvalue weighted by Gasteiger charge is 2.42. The van der Waals surface area contributed by atoms with Crippen molar-refractivity contribution in [3.8, 4) is 0 Å². The average Bonchev–Trinajstić information content (AvgIpc) is 3.40. The maximum absolute atomic E-state index is 14.0. The number of piperazine rings is 1. The van der Waals surface area contributed by atoms with Crippen LogP contribution in [0.15, 0.2) is 42.5 Å². The molecule has 2 aliphatic heterocycles. The first-order valence-electron chi connectivity index (χ1n) is 15.2. The van der Waals surface area contributed by atoms with Gasteiger partial charge in [-0.05, 0) is 62.9 Å². The van der Waals surface area contributed by atoms with Crippen LogP contribution in [0.5, 0.6) is 0 Å². The summed E-state index contributed by atoms with van der Waals surface area (Å²) in [5, 5.41) is 0.660. The van der Waals surface area contributed by atoms with Crippen LogP contribution in [0.1, 0.15) is 76.6 Å². The van der Waals surface area contributed by atoms with E-state index in [4.69, 9.17) is 11.6 Å². The van der Waals surface area contributed by atoms with Crippen molar-refractivity contribution in [2.24, 2.45) is 11.8 Å². The van der Waals surface area contributed by atoms with Gasteiger partial charge in [0.05, 0.1) is 21.7 Å². The minimum atomic E-state index is -1.21. The fourth-order valence-electron chi connectivity index (χ4n) is 5.99. The average molecular weight is 615 g/mol. The van der Waals surface area contributed by atoms with Crippen LogP contribution in [-0.2, 0) is 20.6 Å². The summed E-state index contributed by atoms with van der Waals surface area (Å²) in [6, 6.07) is 14.1. The van der Waals surface area contributed by atoms with Gasteiger partial charge in [0.25, 0.3) is 0 Å². The molecule has 2 aromatic carbocycles. The smallest absolute Gasteiger partial charge is 0.228 e. The molecule has 2 saturated heterocycles. The number of aryl methyl sites for hydroxylation is 1. The SMILES string of the molecule is CCC(=O)N1C[C@H](C(=O)N2CCN(c3ccc(C)cc3[C@@H](N[S@@](=O)C(C)(C)C)C(C)C)CC2)[C@@H](c2ccc(Cl)cc2)C1. The Morgan fingerprint density at radius 1 is 1.00 bits per heavy atom. The standard InChI is InChI=1S/C33H47ClN4O3S/c1-8-30(39)38-20-27(24-10-12-25(34)13-11-24)28(21-38)32(40)37-17-15-36(16-18-37)29-14-9-23(4)19-26(29)31(22(2)3)35-42(41)33(5,6)7/h9-14,19,22,27-28,31,35H,8,15-18,20-21H2,1-7H3/t27-,28+,31+,42+/m1/s1. The fourth-order valence-corrected chi connectivity index (χ4v) is 7.10. The lowest BCUT2D eigenvalue weighted by Gasteiger charge is -2.39. The van der Waals surface area contributed by atoms with Gasteiger partial charge in [-0.15, -0.1) is 0 Å². The molecule has 0 bridgehead atoms. The fraction of sp³-hybridized carbons (Fsp3) is 0.576. The number of rotatable bonds is 8. The van der Waals surface area contributed by atoms with Gasteiger partial charge in [-0.1, -0.05) is 62.2 Å². The van der Waals surface area contributed by atoms with Gasteiger partial charge < -0.3 is 14.7 Å². The molecule has 0 radical (unpaired) electrons. The van der Waals surface area contributed by atoms with E-state index in [2.05, 4.69) is 48.6 Å². The van der Waals surface area contributed by atoms with Gasteiger partial charge >= 0.3 is 0 Å². The van der Waals surface area contributed by atoms with E-state index in [0.29, 0.717) is 50.7 Å². The van der Waals surface area contributed by atoms with E-state index in [-0.39, 0.29) is 40.4 Å². The Balaban J connectivity index is 1.52. The highest BCUT2D eigenvalue weighted by atomic mass is 35.5. The molecule has 230 valence electrons. The molecule has 2 fully saturated rings. The number of nitrogens with one attached hydrogen (secondary N) is 1. The first kappa shape index (κ1) is 32.5. The highest BCUT2D eigenvalue weighted by Crippen LogP contribution is 2.37. The molecule has 2 amide bonds. The third-order valence-corrected chi connectivity index (χ3v) is 10.3. The van der Waals surface area contributed by atoms with Crippen molar-refractivity contribution in [3.05, 3.63) is 64.2 Å². The van der Waals surface area contributed by atoms with Crippen LogP contribution in [0.25, 0.3) is 0 Å². The van der Waals surface area contributed by atoms with Crippen molar-refractivity contribution in [2.75, 3.05) is 44.2 Å². The van der Waals surface area contributed by atoms with Crippen LogP contribution in [0.3, 0.4) is 0 Å². The number of hydrogen-bond acceptors (Lipinski definition) is 4. The Morgan fingerprint density at radius 3 is 2.21 bits per heavy atom. The molecule has 4 rings (SSSR count). The molecule has 9 heteroatoms. The van der Waals surface area contributed by atoms with Crippen molar-refractivity contribution < 1.29 is 13.8 Å². The molecule has 2 aliphatic rings. The quantitative estimate of drug-likeness (QED) is 0.414. The van der Waals surface area contributed by atoms with E-state index in [1.165, 1.54) is 0 Å². The Kier molecular flexibility index (Phi) is 10.4. The third kappa shape index (κ3) is 7.37. The topological polar surface area (TPSA) is 73.0 Å². The Morgan fingerprint density at radius 2 is 1.64 bits per heavy atom. The number of likely N-dealkylation sites (tertiary alicyclic amines) is 1. The van der Waals surface area contributed by atoms with Crippen molar-refractivity contribution in [3.63, 3.8) is 0 Å². The lowest BCUT2D eigenvalue weighted by atomic mass is 9.88. The molecule has 4 atom stereocenters. The van der Waals surface area contributed by atoms with Crippen LogP contribution in [0.2, 0.25) is 5.02 Å². The maximum Gasteiger partial charge on any atom is 0.228 e. The molecule has 2 heterocycles. The second-order valence-electron chi connectivity index (χ2n) is 13.0. The first-order chi connectivity index (χ1) is 19.8. The number of amides is 2. The van der Waals surface area contributed by atoms with E-state index >= 15 is 0 Å². The van der Waals surface area contributed by atoms with Gasteiger partial charge in [-0.25, -0.2) is 8.93 Å². The number of hydrogen-bond donors (Lipinski definition) is 1. The summed E-state index contributed by atoms with van der Waals surface area (Å²) in [5.74, 6) is 0.119. The molecular weight excluding hydrogens is 568 g/mol. The first-order valence-corrected chi connectivity index (χ1v) is 16.7. The van der Waals surface area contributed by atoms with Crippen LogP contribution in [0, 0.1) is 18.8 Å². The molecule has 1 N–H and O–H groups in total. The normalized spacial score (nSPS) is 21.1. The second kappa shape index (κ2) is 13.5. The summed E-state index contributed by atoms with van der Waals surface area (Å²) in [4.78, 5) is 32.8. The summed E-state index contributed by atoms with van der Waals surface area (Å²) in [6.45, 7) is 17.9. The molecule has 0 aromatic heterocycles. The molecule has 7 nitrogen and oxygen atoms in total. The minimum Gasteiger partial charge on any atom is -0.368 e. The molecule has 2 aromatic rings. The zero-order valence-electron chi connectivity index (χ0n) is 26.2. The number of benzene rings is 2. The minimum absolute atomic E-state index is 0.0476. The monoisotopic (exact) mass is 614 g/mol. The summed E-state index contributed by atoms with van der Waals surface area (Å²) >= 11 is 6.14. The molecular formula is C33H47ClN4O3S. The van der Waals surface area contributed by atoms with Crippen molar-refractivity contribution in [1.82, 2.24) is 14.5 Å². The van der Waals surface area contributed by atoms with Gasteiger partial charge in [0.1, 0.15) is 0 Å². The molecule has 0 aliphatic carbocycles. The molecule has 42 heavy (non-hydrogen) atoms. The van der Waals surface area contributed by atoms with Crippen LogP contribution >= 0.6 is 11.6 Å². The largest absolute Gasteiger partial charge is 0.368 e.